The molecule has 0 bridgehead atoms. The maximum absolute atomic E-state index is 9.16. The highest BCUT2D eigenvalue weighted by Crippen LogP contribution is 2.17. The SMILES string of the molecule is Oc1ccc(NCCc2ccccc2Br)cc1. The van der Waals surface area contributed by atoms with Gasteiger partial charge in [0.2, 0.25) is 0 Å². The topological polar surface area (TPSA) is 32.3 Å². The van der Waals surface area contributed by atoms with Gasteiger partial charge in [-0.15, -0.1) is 0 Å². The van der Waals surface area contributed by atoms with Crippen LogP contribution in [0.3, 0.4) is 0 Å². The lowest BCUT2D eigenvalue weighted by Gasteiger charge is -2.07. The molecule has 0 aliphatic rings. The smallest absolute Gasteiger partial charge is 0.115 e. The lowest BCUT2D eigenvalue weighted by Crippen LogP contribution is -2.04. The van der Waals surface area contributed by atoms with Gasteiger partial charge in [-0.2, -0.15) is 0 Å². The summed E-state index contributed by atoms with van der Waals surface area (Å²) in [5.41, 5.74) is 2.31. The maximum atomic E-state index is 9.16. The number of hydrogen-bond acceptors (Lipinski definition) is 2. The molecule has 0 saturated carbocycles. The second-order valence-corrected chi connectivity index (χ2v) is 4.67. The molecule has 2 nitrogen and oxygen atoms in total. The molecule has 0 aromatic heterocycles. The number of benzene rings is 2. The minimum atomic E-state index is 0.293. The van der Waals surface area contributed by atoms with Crippen LogP contribution < -0.4 is 5.32 Å². The molecule has 3 heteroatoms. The van der Waals surface area contributed by atoms with Crippen LogP contribution in [-0.4, -0.2) is 11.7 Å². The van der Waals surface area contributed by atoms with E-state index in [1.54, 1.807) is 12.1 Å². The highest BCUT2D eigenvalue weighted by Gasteiger charge is 1.98. The molecule has 0 radical (unpaired) electrons. The van der Waals surface area contributed by atoms with Crippen LogP contribution in [0.5, 0.6) is 5.75 Å². The monoisotopic (exact) mass is 291 g/mol. The minimum absolute atomic E-state index is 0.293. The molecule has 0 amide bonds. The van der Waals surface area contributed by atoms with Gasteiger partial charge >= 0.3 is 0 Å². The van der Waals surface area contributed by atoms with Crippen LogP contribution in [0.15, 0.2) is 53.0 Å². The quantitative estimate of drug-likeness (QED) is 0.840. The van der Waals surface area contributed by atoms with E-state index in [9.17, 15) is 0 Å². The molecule has 2 aromatic carbocycles. The van der Waals surface area contributed by atoms with E-state index >= 15 is 0 Å². The number of aromatic hydroxyl groups is 1. The Kier molecular flexibility index (Phi) is 4.04. The van der Waals surface area contributed by atoms with Gasteiger partial charge in [0, 0.05) is 16.7 Å². The van der Waals surface area contributed by atoms with Crippen molar-refractivity contribution < 1.29 is 5.11 Å². The fraction of sp³-hybridized carbons (Fsp3) is 0.143. The molecule has 0 aliphatic carbocycles. The molecule has 0 atom stereocenters. The Balaban J connectivity index is 1.88. The first-order chi connectivity index (χ1) is 8.25. The highest BCUT2D eigenvalue weighted by atomic mass is 79.9. The third-order valence-corrected chi connectivity index (χ3v) is 3.32. The van der Waals surface area contributed by atoms with Crippen LogP contribution in [0.4, 0.5) is 5.69 Å². The zero-order valence-corrected chi connectivity index (χ0v) is 10.9. The first-order valence-electron chi connectivity index (χ1n) is 5.52. The molecule has 0 unspecified atom stereocenters. The van der Waals surface area contributed by atoms with E-state index in [0.717, 1.165) is 23.1 Å². The third-order valence-electron chi connectivity index (χ3n) is 2.55. The first-order valence-corrected chi connectivity index (χ1v) is 6.31. The second-order valence-electron chi connectivity index (χ2n) is 3.82. The normalized spacial score (nSPS) is 10.2. The molecule has 2 rings (SSSR count). The van der Waals surface area contributed by atoms with E-state index in [-0.39, 0.29) is 0 Å². The first kappa shape index (κ1) is 12.0. The summed E-state index contributed by atoms with van der Waals surface area (Å²) in [5, 5.41) is 12.5. The van der Waals surface area contributed by atoms with Gasteiger partial charge in [-0.25, -0.2) is 0 Å². The van der Waals surface area contributed by atoms with Crippen molar-refractivity contribution >= 4 is 21.6 Å². The molecule has 0 heterocycles. The predicted octanol–water partition coefficient (Wildman–Crippen LogP) is 3.81. The van der Waals surface area contributed by atoms with Crippen LogP contribution >= 0.6 is 15.9 Å². The molecule has 17 heavy (non-hydrogen) atoms. The van der Waals surface area contributed by atoms with Gasteiger partial charge in [-0.1, -0.05) is 34.1 Å². The molecule has 2 aromatic rings. The lowest BCUT2D eigenvalue weighted by atomic mass is 10.1. The molecule has 0 fully saturated rings. The molecule has 2 N–H and O–H groups in total. The summed E-state index contributed by atoms with van der Waals surface area (Å²) in [7, 11) is 0. The summed E-state index contributed by atoms with van der Waals surface area (Å²) in [4.78, 5) is 0. The van der Waals surface area contributed by atoms with E-state index in [1.807, 2.05) is 24.3 Å². The van der Waals surface area contributed by atoms with Gasteiger partial charge in [0.1, 0.15) is 5.75 Å². The van der Waals surface area contributed by atoms with Gasteiger partial charge < -0.3 is 10.4 Å². The number of anilines is 1. The van der Waals surface area contributed by atoms with Crippen molar-refractivity contribution in [2.24, 2.45) is 0 Å². The van der Waals surface area contributed by atoms with E-state index < -0.39 is 0 Å². The summed E-state index contributed by atoms with van der Waals surface area (Å²) >= 11 is 3.53. The Morgan fingerprint density at radius 2 is 1.71 bits per heavy atom. The maximum Gasteiger partial charge on any atom is 0.115 e. The van der Waals surface area contributed by atoms with E-state index in [0.29, 0.717) is 5.75 Å². The standard InChI is InChI=1S/C14H14BrNO/c15-14-4-2-1-3-11(14)9-10-16-12-5-7-13(17)8-6-12/h1-8,16-17H,9-10H2. The Morgan fingerprint density at radius 3 is 2.41 bits per heavy atom. The molecule has 0 aliphatic heterocycles. The molecule has 0 saturated heterocycles. The summed E-state index contributed by atoms with van der Waals surface area (Å²) in [5.74, 6) is 0.293. The lowest BCUT2D eigenvalue weighted by molar-refractivity contribution is 0.475. The van der Waals surface area contributed by atoms with Crippen LogP contribution in [0.25, 0.3) is 0 Å². The van der Waals surface area contributed by atoms with Crippen molar-refractivity contribution in [1.29, 1.82) is 0 Å². The van der Waals surface area contributed by atoms with Gasteiger partial charge in [-0.05, 0) is 42.3 Å². The number of nitrogens with one attached hydrogen (secondary N) is 1. The average molecular weight is 292 g/mol. The summed E-state index contributed by atoms with van der Waals surface area (Å²) in [6.45, 7) is 0.868. The van der Waals surface area contributed by atoms with E-state index in [2.05, 4.69) is 33.4 Å². The van der Waals surface area contributed by atoms with Crippen molar-refractivity contribution in [3.8, 4) is 5.75 Å². The van der Waals surface area contributed by atoms with Crippen LogP contribution in [-0.2, 0) is 6.42 Å². The number of halogens is 1. The zero-order chi connectivity index (χ0) is 12.1. The summed E-state index contributed by atoms with van der Waals surface area (Å²) in [6, 6.07) is 15.3. The van der Waals surface area contributed by atoms with Crippen molar-refractivity contribution in [2.45, 2.75) is 6.42 Å². The Morgan fingerprint density at radius 1 is 1.00 bits per heavy atom. The average Bonchev–Trinajstić information content (AvgIpc) is 2.34. The number of phenols is 1. The van der Waals surface area contributed by atoms with Gasteiger partial charge in [-0.3, -0.25) is 0 Å². The second kappa shape index (κ2) is 5.73. The van der Waals surface area contributed by atoms with Crippen molar-refractivity contribution in [2.75, 3.05) is 11.9 Å². The van der Waals surface area contributed by atoms with Crippen LogP contribution in [0, 0.1) is 0 Å². The molecule has 0 spiro atoms. The van der Waals surface area contributed by atoms with Crippen molar-refractivity contribution in [3.63, 3.8) is 0 Å². The molecular weight excluding hydrogens is 278 g/mol. The number of rotatable bonds is 4. The van der Waals surface area contributed by atoms with E-state index in [1.165, 1.54) is 5.56 Å². The Bertz CT molecular complexity index is 482. The fourth-order valence-corrected chi connectivity index (χ4v) is 2.10. The molecule has 88 valence electrons. The predicted molar refractivity (Wildman–Crippen MR) is 74.4 cm³/mol. The summed E-state index contributed by atoms with van der Waals surface area (Å²) in [6.07, 6.45) is 0.961. The Labute approximate surface area is 109 Å². The van der Waals surface area contributed by atoms with Crippen LogP contribution in [0.1, 0.15) is 5.56 Å². The van der Waals surface area contributed by atoms with Gasteiger partial charge in [0.25, 0.3) is 0 Å². The number of hydrogen-bond donors (Lipinski definition) is 2. The Hall–Kier alpha value is -1.48. The highest BCUT2D eigenvalue weighted by molar-refractivity contribution is 9.10. The van der Waals surface area contributed by atoms with Crippen molar-refractivity contribution in [1.82, 2.24) is 0 Å². The molecular formula is C14H14BrNO. The van der Waals surface area contributed by atoms with Gasteiger partial charge in [0.05, 0.1) is 0 Å². The van der Waals surface area contributed by atoms with Crippen LogP contribution in [0.2, 0.25) is 0 Å². The van der Waals surface area contributed by atoms with E-state index in [4.69, 9.17) is 5.11 Å². The fourth-order valence-electron chi connectivity index (χ4n) is 1.62. The largest absolute Gasteiger partial charge is 0.508 e. The van der Waals surface area contributed by atoms with Crippen molar-refractivity contribution in [3.05, 3.63) is 58.6 Å². The number of phenolic OH excluding ortho intramolecular Hbond substituents is 1. The summed E-state index contributed by atoms with van der Waals surface area (Å²) < 4.78 is 1.15. The third kappa shape index (κ3) is 3.49. The van der Waals surface area contributed by atoms with Gasteiger partial charge in [0.15, 0.2) is 0 Å². The zero-order valence-electron chi connectivity index (χ0n) is 9.36. The minimum Gasteiger partial charge on any atom is -0.508 e.